The maximum absolute atomic E-state index is 12.3. The SMILES string of the molecule is CC(=O)[C@@]12CC1[C@@H](n1cnc3c(NC4CCC4)nc(C#Cc4ccco4)nc31)[C@H](O)C2O. The number of aliphatic hydroxyl groups is 2. The molecule has 3 aliphatic rings. The van der Waals surface area contributed by atoms with Crippen molar-refractivity contribution in [1.29, 1.82) is 0 Å². The molecule has 2 unspecified atom stereocenters. The van der Waals surface area contributed by atoms with Crippen LogP contribution >= 0.6 is 0 Å². The van der Waals surface area contributed by atoms with E-state index in [0.717, 1.165) is 12.8 Å². The van der Waals surface area contributed by atoms with Crippen LogP contribution in [0.4, 0.5) is 5.82 Å². The second kappa shape index (κ2) is 6.89. The molecule has 0 saturated heterocycles. The highest BCUT2D eigenvalue weighted by atomic mass is 16.3. The molecule has 3 aromatic heterocycles. The van der Waals surface area contributed by atoms with E-state index in [2.05, 4.69) is 32.1 Å². The summed E-state index contributed by atoms with van der Waals surface area (Å²) in [5, 5.41) is 24.9. The van der Waals surface area contributed by atoms with Crippen LogP contribution < -0.4 is 5.32 Å². The van der Waals surface area contributed by atoms with Gasteiger partial charge in [0.15, 0.2) is 22.7 Å². The molecule has 0 aromatic carbocycles. The summed E-state index contributed by atoms with van der Waals surface area (Å²) in [4.78, 5) is 26.0. The van der Waals surface area contributed by atoms with Crippen LogP contribution in [0.25, 0.3) is 11.2 Å². The standard InChI is InChI=1S/C23H23N5O4/c1-12(29)23-10-15(23)18(19(30)20(23)31)28-11-24-17-21(25-13-4-2-5-13)26-16(27-22(17)28)8-7-14-6-3-9-32-14/h3,6,9,11,13,15,18-20,30-31H,2,4-5,10H2,1H3,(H,25,26,27)/t15?,18-,19+,20?,23+/m1/s1. The molecule has 3 aliphatic carbocycles. The largest absolute Gasteiger partial charge is 0.456 e. The zero-order valence-electron chi connectivity index (χ0n) is 17.5. The average molecular weight is 433 g/mol. The number of hydrogen-bond donors (Lipinski definition) is 3. The number of aromatic nitrogens is 4. The van der Waals surface area contributed by atoms with Crippen LogP contribution in [0.2, 0.25) is 0 Å². The summed E-state index contributed by atoms with van der Waals surface area (Å²) in [5.74, 6) is 7.04. The van der Waals surface area contributed by atoms with Gasteiger partial charge in [0, 0.05) is 6.04 Å². The Balaban J connectivity index is 1.45. The van der Waals surface area contributed by atoms with Crippen LogP contribution in [0.3, 0.4) is 0 Å². The Morgan fingerprint density at radius 1 is 1.31 bits per heavy atom. The summed E-state index contributed by atoms with van der Waals surface area (Å²) >= 11 is 0. The van der Waals surface area contributed by atoms with Crippen LogP contribution in [0.5, 0.6) is 0 Å². The van der Waals surface area contributed by atoms with Gasteiger partial charge < -0.3 is 24.5 Å². The zero-order valence-corrected chi connectivity index (χ0v) is 17.5. The molecule has 3 aromatic rings. The van der Waals surface area contributed by atoms with Gasteiger partial charge in [0.2, 0.25) is 5.82 Å². The van der Waals surface area contributed by atoms with Crippen molar-refractivity contribution in [2.24, 2.45) is 11.3 Å². The Labute approximate surface area is 183 Å². The van der Waals surface area contributed by atoms with Crippen molar-refractivity contribution in [2.75, 3.05) is 5.32 Å². The fourth-order valence-electron chi connectivity index (χ4n) is 5.28. The van der Waals surface area contributed by atoms with Gasteiger partial charge in [-0.15, -0.1) is 0 Å². The Bertz CT molecular complexity index is 1270. The van der Waals surface area contributed by atoms with Crippen molar-refractivity contribution in [3.8, 4) is 11.8 Å². The fraction of sp³-hybridized carbons (Fsp3) is 0.478. The topological polar surface area (TPSA) is 126 Å². The summed E-state index contributed by atoms with van der Waals surface area (Å²) < 4.78 is 7.05. The number of anilines is 1. The number of aliphatic hydroxyl groups excluding tert-OH is 2. The molecule has 0 radical (unpaired) electrons. The third-order valence-corrected chi connectivity index (χ3v) is 7.34. The summed E-state index contributed by atoms with van der Waals surface area (Å²) in [5.41, 5.74) is 0.235. The molecule has 6 rings (SSSR count). The van der Waals surface area contributed by atoms with Crippen LogP contribution in [0.1, 0.15) is 50.2 Å². The first-order valence-electron chi connectivity index (χ1n) is 10.9. The highest BCUT2D eigenvalue weighted by Crippen LogP contribution is 2.68. The van der Waals surface area contributed by atoms with Gasteiger partial charge in [0.25, 0.3) is 0 Å². The van der Waals surface area contributed by atoms with Gasteiger partial charge in [-0.1, -0.05) is 0 Å². The van der Waals surface area contributed by atoms with E-state index in [4.69, 9.17) is 4.42 Å². The number of imidazole rings is 1. The van der Waals surface area contributed by atoms with Gasteiger partial charge in [0.1, 0.15) is 11.9 Å². The highest BCUT2D eigenvalue weighted by molar-refractivity contribution is 5.88. The van der Waals surface area contributed by atoms with E-state index >= 15 is 0 Å². The molecule has 0 aliphatic heterocycles. The molecule has 3 fully saturated rings. The van der Waals surface area contributed by atoms with Gasteiger partial charge >= 0.3 is 0 Å². The lowest BCUT2D eigenvalue weighted by Gasteiger charge is -2.27. The first-order chi connectivity index (χ1) is 15.5. The van der Waals surface area contributed by atoms with Crippen molar-refractivity contribution < 1.29 is 19.4 Å². The molecular formula is C23H23N5O4. The molecule has 0 spiro atoms. The highest BCUT2D eigenvalue weighted by Gasteiger charge is 2.74. The van der Waals surface area contributed by atoms with Crippen molar-refractivity contribution in [1.82, 2.24) is 19.5 Å². The minimum Gasteiger partial charge on any atom is -0.456 e. The van der Waals surface area contributed by atoms with Crippen LogP contribution in [0.15, 0.2) is 29.1 Å². The molecular weight excluding hydrogens is 410 g/mol. The molecule has 3 heterocycles. The first-order valence-corrected chi connectivity index (χ1v) is 10.9. The Morgan fingerprint density at radius 2 is 2.16 bits per heavy atom. The fourth-order valence-corrected chi connectivity index (χ4v) is 5.28. The van der Waals surface area contributed by atoms with E-state index in [9.17, 15) is 15.0 Å². The van der Waals surface area contributed by atoms with Crippen LogP contribution in [-0.2, 0) is 4.79 Å². The van der Waals surface area contributed by atoms with E-state index in [1.807, 2.05) is 0 Å². The van der Waals surface area contributed by atoms with Crippen molar-refractivity contribution in [3.05, 3.63) is 36.3 Å². The molecule has 0 bridgehead atoms. The zero-order chi connectivity index (χ0) is 22.0. The summed E-state index contributed by atoms with van der Waals surface area (Å²) in [7, 11) is 0. The number of nitrogens with one attached hydrogen (secondary N) is 1. The van der Waals surface area contributed by atoms with E-state index in [0.29, 0.717) is 41.0 Å². The molecule has 9 heteroatoms. The summed E-state index contributed by atoms with van der Waals surface area (Å²) in [6.07, 6.45) is 4.85. The van der Waals surface area contributed by atoms with Crippen LogP contribution in [0, 0.1) is 23.2 Å². The smallest absolute Gasteiger partial charge is 0.209 e. The normalized spacial score (nSPS) is 31.0. The van der Waals surface area contributed by atoms with Gasteiger partial charge in [-0.05, 0) is 62.5 Å². The molecule has 3 N–H and O–H groups in total. The number of hydrogen-bond acceptors (Lipinski definition) is 8. The lowest BCUT2D eigenvalue weighted by Crippen LogP contribution is -2.36. The number of nitrogens with zero attached hydrogens (tertiary/aromatic N) is 4. The predicted molar refractivity (Wildman–Crippen MR) is 114 cm³/mol. The second-order valence-corrected chi connectivity index (χ2v) is 9.05. The third kappa shape index (κ3) is 2.73. The quantitative estimate of drug-likeness (QED) is 0.530. The minimum absolute atomic E-state index is 0.0899. The lowest BCUT2D eigenvalue weighted by atomic mass is 9.93. The van der Waals surface area contributed by atoms with Crippen molar-refractivity contribution >= 4 is 22.8 Å². The number of Topliss-reactive ketones (excluding diaryl/α,β-unsaturated/α-hetero) is 1. The summed E-state index contributed by atoms with van der Waals surface area (Å²) in [6, 6.07) is 3.36. The number of furan rings is 1. The maximum Gasteiger partial charge on any atom is 0.209 e. The number of carbonyl (C=O) groups excluding carboxylic acids is 1. The monoisotopic (exact) mass is 433 g/mol. The van der Waals surface area contributed by atoms with E-state index in [1.54, 1.807) is 29.3 Å². The van der Waals surface area contributed by atoms with Gasteiger partial charge in [0.05, 0.1) is 30.2 Å². The van der Waals surface area contributed by atoms with E-state index in [1.165, 1.54) is 13.3 Å². The molecule has 164 valence electrons. The number of ketones is 1. The molecule has 32 heavy (non-hydrogen) atoms. The first kappa shape index (κ1) is 19.5. The summed E-state index contributed by atoms with van der Waals surface area (Å²) in [6.45, 7) is 1.48. The van der Waals surface area contributed by atoms with Crippen molar-refractivity contribution in [2.45, 2.75) is 56.9 Å². The van der Waals surface area contributed by atoms with Crippen LogP contribution in [-0.4, -0.2) is 53.8 Å². The van der Waals surface area contributed by atoms with Gasteiger partial charge in [-0.2, -0.15) is 0 Å². The molecule has 5 atom stereocenters. The van der Waals surface area contributed by atoms with E-state index in [-0.39, 0.29) is 11.7 Å². The Kier molecular flexibility index (Phi) is 4.19. The predicted octanol–water partition coefficient (Wildman–Crippen LogP) is 1.66. The van der Waals surface area contributed by atoms with Gasteiger partial charge in [-0.25, -0.2) is 15.0 Å². The number of carbonyl (C=O) groups is 1. The number of fused-ring (bicyclic) bond motifs is 2. The molecule has 0 amide bonds. The molecule has 9 nitrogen and oxygen atoms in total. The maximum atomic E-state index is 12.3. The Hall–Kier alpha value is -3.22. The molecule has 3 saturated carbocycles. The second-order valence-electron chi connectivity index (χ2n) is 9.05. The van der Waals surface area contributed by atoms with E-state index < -0.39 is 23.7 Å². The minimum atomic E-state index is -1.10. The van der Waals surface area contributed by atoms with Crippen molar-refractivity contribution in [3.63, 3.8) is 0 Å². The lowest BCUT2D eigenvalue weighted by molar-refractivity contribution is -0.128. The number of rotatable bonds is 4. The third-order valence-electron chi connectivity index (χ3n) is 7.34. The Morgan fingerprint density at radius 3 is 2.81 bits per heavy atom. The van der Waals surface area contributed by atoms with Gasteiger partial charge in [-0.3, -0.25) is 4.79 Å². The average Bonchev–Trinajstić information content (AvgIpc) is 3.03.